The van der Waals surface area contributed by atoms with Gasteiger partial charge in [0.1, 0.15) is 0 Å². The molecule has 11 heavy (non-hydrogen) atoms. The van der Waals surface area contributed by atoms with Crippen LogP contribution >= 0.6 is 0 Å². The maximum Gasteiger partial charge on any atom is 0.0698 e. The monoisotopic (exact) mass is 157 g/mol. The van der Waals surface area contributed by atoms with E-state index < -0.39 is 0 Å². The van der Waals surface area contributed by atoms with Crippen molar-refractivity contribution >= 4 is 0 Å². The summed E-state index contributed by atoms with van der Waals surface area (Å²) in [6, 6.07) is 0.756. The third-order valence-corrected chi connectivity index (χ3v) is 2.71. The number of piperidine rings is 1. The zero-order chi connectivity index (χ0) is 8.27. The number of nitrogens with zero attached hydrogens (tertiary/aromatic N) is 1. The summed E-state index contributed by atoms with van der Waals surface area (Å²) in [6.45, 7) is 6.79. The van der Waals surface area contributed by atoms with Crippen LogP contribution in [0.25, 0.3) is 0 Å². The van der Waals surface area contributed by atoms with Crippen molar-refractivity contribution in [1.29, 1.82) is 0 Å². The molecule has 0 unspecified atom stereocenters. The molecule has 0 N–H and O–H groups in total. The third-order valence-electron chi connectivity index (χ3n) is 2.71. The van der Waals surface area contributed by atoms with Gasteiger partial charge in [0.05, 0.1) is 6.10 Å². The standard InChI is InChI=1S/C9H19NO/c1-4-10-7-9(11-3)6-5-8(10)2/h8-9H,4-7H2,1-3H3/t8-,9-/m0/s1. The van der Waals surface area contributed by atoms with Gasteiger partial charge in [0.25, 0.3) is 0 Å². The molecule has 0 aliphatic carbocycles. The van der Waals surface area contributed by atoms with Crippen molar-refractivity contribution < 1.29 is 4.74 Å². The van der Waals surface area contributed by atoms with Crippen LogP contribution < -0.4 is 0 Å². The molecule has 2 heteroatoms. The Bertz CT molecular complexity index is 116. The van der Waals surface area contributed by atoms with Gasteiger partial charge in [-0.1, -0.05) is 6.92 Å². The van der Waals surface area contributed by atoms with Crippen LogP contribution in [0.1, 0.15) is 26.7 Å². The molecule has 66 valence electrons. The molecule has 0 aromatic rings. The van der Waals surface area contributed by atoms with Crippen molar-refractivity contribution in [3.63, 3.8) is 0 Å². The molecule has 0 spiro atoms. The summed E-state index contributed by atoms with van der Waals surface area (Å²) in [5, 5.41) is 0. The highest BCUT2D eigenvalue weighted by Gasteiger charge is 2.23. The fourth-order valence-corrected chi connectivity index (χ4v) is 1.78. The first-order valence-electron chi connectivity index (χ1n) is 4.54. The molecule has 1 rings (SSSR count). The summed E-state index contributed by atoms with van der Waals surface area (Å²) in [4.78, 5) is 2.48. The van der Waals surface area contributed by atoms with Crippen LogP contribution in [0.5, 0.6) is 0 Å². The van der Waals surface area contributed by atoms with E-state index in [9.17, 15) is 0 Å². The molecule has 2 nitrogen and oxygen atoms in total. The SMILES string of the molecule is CCN1C[C@@H](OC)CC[C@@H]1C. The average molecular weight is 157 g/mol. The Morgan fingerprint density at radius 3 is 2.73 bits per heavy atom. The first-order chi connectivity index (χ1) is 5.27. The Morgan fingerprint density at radius 2 is 2.18 bits per heavy atom. The summed E-state index contributed by atoms with van der Waals surface area (Å²) in [5.41, 5.74) is 0. The van der Waals surface area contributed by atoms with Gasteiger partial charge in [-0.3, -0.25) is 4.90 Å². The average Bonchev–Trinajstić information content (AvgIpc) is 2.05. The molecule has 1 heterocycles. The van der Waals surface area contributed by atoms with E-state index >= 15 is 0 Å². The van der Waals surface area contributed by atoms with Crippen molar-refractivity contribution in [2.24, 2.45) is 0 Å². The Hall–Kier alpha value is -0.0800. The molecule has 1 aliphatic rings. The highest BCUT2D eigenvalue weighted by atomic mass is 16.5. The predicted molar refractivity (Wildman–Crippen MR) is 46.7 cm³/mol. The van der Waals surface area contributed by atoms with Crippen LogP contribution in [0.15, 0.2) is 0 Å². The number of methoxy groups -OCH3 is 1. The topological polar surface area (TPSA) is 12.5 Å². The minimum absolute atomic E-state index is 0.478. The maximum absolute atomic E-state index is 5.33. The fourth-order valence-electron chi connectivity index (χ4n) is 1.78. The quantitative estimate of drug-likeness (QED) is 0.602. The molecule has 0 radical (unpaired) electrons. The molecule has 1 fully saturated rings. The van der Waals surface area contributed by atoms with Crippen LogP contribution in [0.4, 0.5) is 0 Å². The Morgan fingerprint density at radius 1 is 1.45 bits per heavy atom. The lowest BCUT2D eigenvalue weighted by molar-refractivity contribution is 0.0122. The smallest absolute Gasteiger partial charge is 0.0698 e. The number of rotatable bonds is 2. The van der Waals surface area contributed by atoms with E-state index in [1.807, 2.05) is 7.11 Å². The zero-order valence-electron chi connectivity index (χ0n) is 7.84. The van der Waals surface area contributed by atoms with Gasteiger partial charge >= 0.3 is 0 Å². The summed E-state index contributed by atoms with van der Waals surface area (Å²) >= 11 is 0. The summed E-state index contributed by atoms with van der Waals surface area (Å²) in [6.07, 6.45) is 2.99. The molecular weight excluding hydrogens is 138 g/mol. The lowest BCUT2D eigenvalue weighted by Crippen LogP contribution is -2.44. The van der Waals surface area contributed by atoms with Gasteiger partial charge in [0, 0.05) is 19.7 Å². The van der Waals surface area contributed by atoms with Crippen molar-refractivity contribution in [3.05, 3.63) is 0 Å². The second-order valence-electron chi connectivity index (χ2n) is 3.37. The molecule has 1 aliphatic heterocycles. The first kappa shape index (κ1) is 9.01. The Labute approximate surface area is 69.5 Å². The number of hydrogen-bond acceptors (Lipinski definition) is 2. The van der Waals surface area contributed by atoms with Crippen molar-refractivity contribution in [2.45, 2.75) is 38.8 Å². The molecule has 0 saturated carbocycles. The number of ether oxygens (including phenoxy) is 1. The third kappa shape index (κ3) is 2.17. The Kier molecular flexibility index (Phi) is 3.34. The van der Waals surface area contributed by atoms with Gasteiger partial charge in [-0.15, -0.1) is 0 Å². The predicted octanol–water partition coefficient (Wildman–Crippen LogP) is 1.51. The second kappa shape index (κ2) is 4.07. The minimum Gasteiger partial charge on any atom is -0.380 e. The van der Waals surface area contributed by atoms with Crippen LogP contribution in [-0.4, -0.2) is 37.2 Å². The van der Waals surface area contributed by atoms with Gasteiger partial charge in [0.2, 0.25) is 0 Å². The first-order valence-corrected chi connectivity index (χ1v) is 4.54. The van der Waals surface area contributed by atoms with Crippen LogP contribution in [-0.2, 0) is 4.74 Å². The highest BCUT2D eigenvalue weighted by molar-refractivity contribution is 4.77. The van der Waals surface area contributed by atoms with E-state index in [2.05, 4.69) is 18.7 Å². The molecule has 2 atom stereocenters. The summed E-state index contributed by atoms with van der Waals surface area (Å²) in [7, 11) is 1.81. The fraction of sp³-hybridized carbons (Fsp3) is 1.00. The molecular formula is C9H19NO. The van der Waals surface area contributed by atoms with E-state index in [0.29, 0.717) is 6.10 Å². The highest BCUT2D eigenvalue weighted by Crippen LogP contribution is 2.17. The number of hydrogen-bond donors (Lipinski definition) is 0. The summed E-state index contributed by atoms with van der Waals surface area (Å²) in [5.74, 6) is 0. The van der Waals surface area contributed by atoms with Crippen molar-refractivity contribution in [1.82, 2.24) is 4.90 Å². The lowest BCUT2D eigenvalue weighted by atomic mass is 10.0. The van der Waals surface area contributed by atoms with Gasteiger partial charge in [-0.05, 0) is 26.3 Å². The number of likely N-dealkylation sites (N-methyl/N-ethyl adjacent to an activating group) is 1. The largest absolute Gasteiger partial charge is 0.380 e. The molecule has 1 saturated heterocycles. The van der Waals surface area contributed by atoms with Gasteiger partial charge in [0.15, 0.2) is 0 Å². The van der Waals surface area contributed by atoms with Crippen molar-refractivity contribution in [2.75, 3.05) is 20.2 Å². The zero-order valence-corrected chi connectivity index (χ0v) is 7.84. The summed E-state index contributed by atoms with van der Waals surface area (Å²) < 4.78 is 5.33. The molecule has 0 aromatic carbocycles. The van der Waals surface area contributed by atoms with Gasteiger partial charge in [-0.25, -0.2) is 0 Å². The van der Waals surface area contributed by atoms with E-state index in [4.69, 9.17) is 4.74 Å². The van der Waals surface area contributed by atoms with Crippen LogP contribution in [0.2, 0.25) is 0 Å². The van der Waals surface area contributed by atoms with Gasteiger partial charge < -0.3 is 4.74 Å². The minimum atomic E-state index is 0.478. The van der Waals surface area contributed by atoms with E-state index in [1.54, 1.807) is 0 Å². The molecule has 0 bridgehead atoms. The van der Waals surface area contributed by atoms with Crippen molar-refractivity contribution in [3.8, 4) is 0 Å². The Balaban J connectivity index is 2.37. The lowest BCUT2D eigenvalue weighted by Gasteiger charge is -2.36. The number of likely N-dealkylation sites (tertiary alicyclic amines) is 1. The second-order valence-corrected chi connectivity index (χ2v) is 3.37. The van der Waals surface area contributed by atoms with E-state index in [-0.39, 0.29) is 0 Å². The van der Waals surface area contributed by atoms with E-state index in [0.717, 1.165) is 19.1 Å². The van der Waals surface area contributed by atoms with Crippen LogP contribution in [0, 0.1) is 0 Å². The molecule has 0 aromatic heterocycles. The van der Waals surface area contributed by atoms with Gasteiger partial charge in [-0.2, -0.15) is 0 Å². The maximum atomic E-state index is 5.33. The normalized spacial score (nSPS) is 34.1. The molecule has 0 amide bonds. The van der Waals surface area contributed by atoms with E-state index in [1.165, 1.54) is 12.8 Å². The van der Waals surface area contributed by atoms with Crippen LogP contribution in [0.3, 0.4) is 0 Å².